The molecule has 2 N–H and O–H groups in total. The van der Waals surface area contributed by atoms with Gasteiger partial charge in [0, 0.05) is 6.54 Å². The second-order valence-electron chi connectivity index (χ2n) is 5.18. The molecule has 0 aromatic heterocycles. The van der Waals surface area contributed by atoms with Crippen molar-refractivity contribution in [1.29, 1.82) is 0 Å². The van der Waals surface area contributed by atoms with E-state index >= 15 is 0 Å². The van der Waals surface area contributed by atoms with Crippen LogP contribution in [0.3, 0.4) is 0 Å². The Morgan fingerprint density at radius 3 is 2.68 bits per heavy atom. The number of hydrogen-bond donors (Lipinski definition) is 2. The molecular weight excluding hydrogens is 341 g/mol. The molecule has 0 amide bonds. The van der Waals surface area contributed by atoms with Gasteiger partial charge in [-0.15, -0.1) is 0 Å². The molecule has 1 saturated heterocycles. The lowest BCUT2D eigenvalue weighted by Gasteiger charge is -2.13. The predicted molar refractivity (Wildman–Crippen MR) is 77.2 cm³/mol. The van der Waals surface area contributed by atoms with E-state index in [1.165, 1.54) is 0 Å². The molecule has 1 aromatic rings. The van der Waals surface area contributed by atoms with Crippen LogP contribution in [0.25, 0.3) is 0 Å². The van der Waals surface area contributed by atoms with Crippen molar-refractivity contribution in [2.24, 2.45) is 5.92 Å². The van der Waals surface area contributed by atoms with Crippen LogP contribution < -0.4 is 10.0 Å². The molecule has 4 nitrogen and oxygen atoms in total. The molecule has 1 heterocycles. The molecular formula is C13H16ClF3N2O2S. The summed E-state index contributed by atoms with van der Waals surface area (Å²) in [6.07, 6.45) is -3.08. The van der Waals surface area contributed by atoms with E-state index in [1.54, 1.807) is 0 Å². The molecule has 1 unspecified atom stereocenters. The van der Waals surface area contributed by atoms with Gasteiger partial charge in [0.1, 0.15) is 0 Å². The summed E-state index contributed by atoms with van der Waals surface area (Å²) in [6.45, 7) is 1.93. The Labute approximate surface area is 132 Å². The van der Waals surface area contributed by atoms with E-state index in [0.29, 0.717) is 18.4 Å². The van der Waals surface area contributed by atoms with Crippen LogP contribution in [0.15, 0.2) is 23.1 Å². The summed E-state index contributed by atoms with van der Waals surface area (Å²) in [5, 5.41) is 2.64. The average molecular weight is 357 g/mol. The molecule has 1 aromatic carbocycles. The predicted octanol–water partition coefficient (Wildman–Crippen LogP) is 2.64. The Kier molecular flexibility index (Phi) is 5.37. The van der Waals surface area contributed by atoms with Crippen LogP contribution in [0.4, 0.5) is 13.2 Å². The molecule has 0 aliphatic carbocycles. The van der Waals surface area contributed by atoms with Gasteiger partial charge in [-0.1, -0.05) is 11.6 Å². The summed E-state index contributed by atoms with van der Waals surface area (Å²) in [5.41, 5.74) is -1.16. The largest absolute Gasteiger partial charge is 0.417 e. The minimum absolute atomic E-state index is 0.193. The first-order valence-electron chi connectivity index (χ1n) is 6.77. The second kappa shape index (κ2) is 6.74. The summed E-state index contributed by atoms with van der Waals surface area (Å²) in [4.78, 5) is -0.436. The lowest BCUT2D eigenvalue weighted by atomic mass is 10.1. The highest BCUT2D eigenvalue weighted by atomic mass is 35.5. The van der Waals surface area contributed by atoms with Gasteiger partial charge in [-0.2, -0.15) is 13.2 Å². The number of nitrogens with one attached hydrogen (secondary N) is 2. The Bertz CT molecular complexity index is 629. The molecule has 0 bridgehead atoms. The number of alkyl halides is 3. The first kappa shape index (κ1) is 17.5. The minimum atomic E-state index is -4.70. The fourth-order valence-electron chi connectivity index (χ4n) is 2.33. The third kappa shape index (κ3) is 4.34. The van der Waals surface area contributed by atoms with E-state index < -0.39 is 31.7 Å². The quantitative estimate of drug-likeness (QED) is 0.852. The van der Waals surface area contributed by atoms with Gasteiger partial charge in [0.05, 0.1) is 15.5 Å². The minimum Gasteiger partial charge on any atom is -0.316 e. The van der Waals surface area contributed by atoms with Gasteiger partial charge in [-0.05, 0) is 50.0 Å². The van der Waals surface area contributed by atoms with Crippen molar-refractivity contribution in [3.63, 3.8) is 0 Å². The van der Waals surface area contributed by atoms with E-state index in [2.05, 4.69) is 10.0 Å². The Hall–Kier alpha value is -0.830. The summed E-state index contributed by atoms with van der Waals surface area (Å²) < 4.78 is 64.8. The van der Waals surface area contributed by atoms with Crippen molar-refractivity contribution >= 4 is 21.6 Å². The zero-order valence-corrected chi connectivity index (χ0v) is 13.2. The maximum atomic E-state index is 12.8. The summed E-state index contributed by atoms with van der Waals surface area (Å²) in [5.74, 6) is 0.388. The van der Waals surface area contributed by atoms with Gasteiger partial charge in [0.25, 0.3) is 0 Å². The highest BCUT2D eigenvalue weighted by Gasteiger charge is 2.34. The summed E-state index contributed by atoms with van der Waals surface area (Å²) in [6, 6.07) is 2.57. The highest BCUT2D eigenvalue weighted by molar-refractivity contribution is 7.89. The molecule has 0 saturated carbocycles. The summed E-state index contributed by atoms with van der Waals surface area (Å²) in [7, 11) is -3.98. The molecule has 0 radical (unpaired) electrons. The zero-order valence-electron chi connectivity index (χ0n) is 11.6. The van der Waals surface area contributed by atoms with E-state index in [4.69, 9.17) is 11.6 Å². The van der Waals surface area contributed by atoms with E-state index in [-0.39, 0.29) is 6.54 Å². The van der Waals surface area contributed by atoms with Gasteiger partial charge >= 0.3 is 6.18 Å². The molecule has 22 heavy (non-hydrogen) atoms. The first-order chi connectivity index (χ1) is 10.2. The van der Waals surface area contributed by atoms with Gasteiger partial charge in [-0.25, -0.2) is 13.1 Å². The average Bonchev–Trinajstić information content (AvgIpc) is 2.90. The number of sulfonamides is 1. The lowest BCUT2D eigenvalue weighted by Crippen LogP contribution is -2.27. The molecule has 124 valence electrons. The second-order valence-corrected chi connectivity index (χ2v) is 7.36. The fraction of sp³-hybridized carbons (Fsp3) is 0.538. The number of rotatable bonds is 5. The SMILES string of the molecule is O=S(=O)(NCCC1CCNC1)c1ccc(Cl)c(C(F)(F)F)c1. The first-order valence-corrected chi connectivity index (χ1v) is 8.63. The summed E-state index contributed by atoms with van der Waals surface area (Å²) >= 11 is 5.48. The molecule has 2 rings (SSSR count). The maximum absolute atomic E-state index is 12.8. The van der Waals surface area contributed by atoms with E-state index in [0.717, 1.165) is 31.6 Å². The number of benzene rings is 1. The van der Waals surface area contributed by atoms with Crippen molar-refractivity contribution in [2.45, 2.75) is 23.9 Å². The Morgan fingerprint density at radius 2 is 2.09 bits per heavy atom. The van der Waals surface area contributed by atoms with Crippen LogP contribution in [0.2, 0.25) is 5.02 Å². The molecule has 0 spiro atoms. The van der Waals surface area contributed by atoms with Crippen LogP contribution >= 0.6 is 11.6 Å². The lowest BCUT2D eigenvalue weighted by molar-refractivity contribution is -0.137. The fourth-order valence-corrected chi connectivity index (χ4v) is 3.63. The number of hydrogen-bond acceptors (Lipinski definition) is 3. The Balaban J connectivity index is 2.08. The smallest absolute Gasteiger partial charge is 0.316 e. The van der Waals surface area contributed by atoms with Crippen LogP contribution in [-0.4, -0.2) is 28.1 Å². The van der Waals surface area contributed by atoms with Crippen LogP contribution in [-0.2, 0) is 16.2 Å². The van der Waals surface area contributed by atoms with Gasteiger partial charge in [-0.3, -0.25) is 0 Å². The molecule has 1 atom stereocenters. The Morgan fingerprint density at radius 1 is 1.36 bits per heavy atom. The van der Waals surface area contributed by atoms with Crippen LogP contribution in [0.1, 0.15) is 18.4 Å². The molecule has 9 heteroatoms. The van der Waals surface area contributed by atoms with Crippen molar-refractivity contribution in [1.82, 2.24) is 10.0 Å². The van der Waals surface area contributed by atoms with Crippen molar-refractivity contribution in [3.8, 4) is 0 Å². The van der Waals surface area contributed by atoms with E-state index in [9.17, 15) is 21.6 Å². The van der Waals surface area contributed by atoms with Crippen molar-refractivity contribution in [2.75, 3.05) is 19.6 Å². The standard InChI is InChI=1S/C13H16ClF3N2O2S/c14-12-2-1-10(7-11(12)13(15,16)17)22(20,21)19-6-4-9-3-5-18-8-9/h1-2,7,9,18-19H,3-6,8H2. The number of halogens is 4. The van der Waals surface area contributed by atoms with Gasteiger partial charge in [0.2, 0.25) is 10.0 Å². The molecule has 1 aliphatic heterocycles. The van der Waals surface area contributed by atoms with Crippen molar-refractivity contribution in [3.05, 3.63) is 28.8 Å². The maximum Gasteiger partial charge on any atom is 0.417 e. The van der Waals surface area contributed by atoms with Gasteiger partial charge < -0.3 is 5.32 Å². The van der Waals surface area contributed by atoms with Crippen molar-refractivity contribution < 1.29 is 21.6 Å². The topological polar surface area (TPSA) is 58.2 Å². The normalized spacial score (nSPS) is 19.5. The highest BCUT2D eigenvalue weighted by Crippen LogP contribution is 2.35. The zero-order chi connectivity index (χ0) is 16.4. The van der Waals surface area contributed by atoms with Crippen LogP contribution in [0.5, 0.6) is 0 Å². The third-order valence-electron chi connectivity index (χ3n) is 3.56. The van der Waals surface area contributed by atoms with Gasteiger partial charge in [0.15, 0.2) is 0 Å². The monoisotopic (exact) mass is 356 g/mol. The molecule has 1 aliphatic rings. The van der Waals surface area contributed by atoms with Crippen LogP contribution in [0, 0.1) is 5.92 Å². The third-order valence-corrected chi connectivity index (χ3v) is 5.35. The molecule has 1 fully saturated rings. The van der Waals surface area contributed by atoms with E-state index in [1.807, 2.05) is 0 Å².